The van der Waals surface area contributed by atoms with Crippen molar-refractivity contribution in [1.29, 1.82) is 0 Å². The molecule has 0 aliphatic heterocycles. The maximum absolute atomic E-state index is 13.2. The van der Waals surface area contributed by atoms with Crippen molar-refractivity contribution >= 4 is 16.0 Å². The first kappa shape index (κ1) is 24.3. The SMILES string of the molecule is CCCC[C@@H](CC)C(=O)N(Cc1ccc(OC)c(OS(C)(=O)=O)c1)[C@@H](C)CC. The van der Waals surface area contributed by atoms with Crippen molar-refractivity contribution in [2.45, 2.75) is 72.4 Å². The summed E-state index contributed by atoms with van der Waals surface area (Å²) in [6.07, 6.45) is 5.65. The van der Waals surface area contributed by atoms with E-state index in [1.807, 2.05) is 17.9 Å². The Morgan fingerprint density at radius 1 is 1.14 bits per heavy atom. The number of methoxy groups -OCH3 is 1. The summed E-state index contributed by atoms with van der Waals surface area (Å²) in [5.74, 6) is 0.646. The van der Waals surface area contributed by atoms with Gasteiger partial charge in [-0.15, -0.1) is 0 Å². The van der Waals surface area contributed by atoms with Gasteiger partial charge in [0.1, 0.15) is 0 Å². The molecule has 28 heavy (non-hydrogen) atoms. The van der Waals surface area contributed by atoms with E-state index in [2.05, 4.69) is 20.8 Å². The largest absolute Gasteiger partial charge is 0.493 e. The molecule has 0 aliphatic rings. The van der Waals surface area contributed by atoms with E-state index in [-0.39, 0.29) is 23.6 Å². The van der Waals surface area contributed by atoms with Crippen LogP contribution in [0.1, 0.15) is 65.4 Å². The fraction of sp³-hybridized carbons (Fsp3) is 0.667. The van der Waals surface area contributed by atoms with Crippen LogP contribution < -0.4 is 8.92 Å². The third-order valence-corrected chi connectivity index (χ3v) is 5.46. The zero-order chi connectivity index (χ0) is 21.3. The minimum atomic E-state index is -3.68. The van der Waals surface area contributed by atoms with Gasteiger partial charge < -0.3 is 13.8 Å². The summed E-state index contributed by atoms with van der Waals surface area (Å²) in [5, 5.41) is 0. The first-order valence-electron chi connectivity index (χ1n) is 10.0. The van der Waals surface area contributed by atoms with E-state index < -0.39 is 10.1 Å². The molecule has 0 aliphatic carbocycles. The van der Waals surface area contributed by atoms with Crippen LogP contribution in [0.2, 0.25) is 0 Å². The molecule has 1 amide bonds. The summed E-state index contributed by atoms with van der Waals surface area (Å²) in [6.45, 7) is 8.69. The van der Waals surface area contributed by atoms with E-state index >= 15 is 0 Å². The number of rotatable bonds is 12. The van der Waals surface area contributed by atoms with Gasteiger partial charge in [-0.3, -0.25) is 4.79 Å². The predicted molar refractivity (Wildman–Crippen MR) is 112 cm³/mol. The van der Waals surface area contributed by atoms with Crippen LogP contribution in [0.4, 0.5) is 0 Å². The first-order chi connectivity index (χ1) is 13.2. The maximum atomic E-state index is 13.2. The minimum absolute atomic E-state index is 0.0129. The Balaban J connectivity index is 3.15. The van der Waals surface area contributed by atoms with E-state index in [9.17, 15) is 13.2 Å². The number of nitrogens with zero attached hydrogens (tertiary/aromatic N) is 1. The second-order valence-electron chi connectivity index (χ2n) is 7.24. The molecular formula is C21H35NO5S. The lowest BCUT2D eigenvalue weighted by molar-refractivity contribution is -0.138. The summed E-state index contributed by atoms with van der Waals surface area (Å²) in [7, 11) is -2.22. The van der Waals surface area contributed by atoms with Crippen LogP contribution in [0, 0.1) is 5.92 Å². The number of hydrogen-bond donors (Lipinski definition) is 0. The number of carbonyl (C=O) groups excluding carboxylic acids is 1. The number of benzene rings is 1. The molecular weight excluding hydrogens is 378 g/mol. The molecule has 160 valence electrons. The van der Waals surface area contributed by atoms with Crippen LogP contribution in [-0.4, -0.2) is 38.6 Å². The lowest BCUT2D eigenvalue weighted by Gasteiger charge is -2.32. The van der Waals surface area contributed by atoms with E-state index in [0.29, 0.717) is 12.3 Å². The standard InChI is InChI=1S/C21H35NO5S/c1-7-10-11-18(9-3)21(23)22(16(4)8-2)15-17-12-13-19(26-5)20(14-17)27-28(6,24)25/h12-14,16,18H,7-11,15H2,1-6H3/t16-,18+/m0/s1. The minimum Gasteiger partial charge on any atom is -0.493 e. The monoisotopic (exact) mass is 413 g/mol. The molecule has 0 bridgehead atoms. The molecule has 7 heteroatoms. The van der Waals surface area contributed by atoms with E-state index in [4.69, 9.17) is 8.92 Å². The molecule has 0 aromatic heterocycles. The fourth-order valence-electron chi connectivity index (χ4n) is 3.10. The summed E-state index contributed by atoms with van der Waals surface area (Å²) in [6, 6.07) is 5.23. The van der Waals surface area contributed by atoms with Crippen molar-refractivity contribution in [3.05, 3.63) is 23.8 Å². The normalized spacial score (nSPS) is 13.6. The van der Waals surface area contributed by atoms with Gasteiger partial charge >= 0.3 is 10.1 Å². The van der Waals surface area contributed by atoms with Gasteiger partial charge in [-0.05, 0) is 43.9 Å². The molecule has 2 atom stereocenters. The highest BCUT2D eigenvalue weighted by atomic mass is 32.2. The Hall–Kier alpha value is -1.76. The van der Waals surface area contributed by atoms with Crippen LogP contribution in [-0.2, 0) is 21.5 Å². The second kappa shape index (κ2) is 11.3. The average molecular weight is 414 g/mol. The zero-order valence-electron chi connectivity index (χ0n) is 18.0. The summed E-state index contributed by atoms with van der Waals surface area (Å²) in [5.41, 5.74) is 0.804. The number of amides is 1. The highest BCUT2D eigenvalue weighted by Gasteiger charge is 2.26. The summed E-state index contributed by atoms with van der Waals surface area (Å²) in [4.78, 5) is 15.1. The lowest BCUT2D eigenvalue weighted by Crippen LogP contribution is -2.41. The number of carbonyl (C=O) groups is 1. The van der Waals surface area contributed by atoms with Crippen molar-refractivity contribution in [2.75, 3.05) is 13.4 Å². The number of unbranched alkanes of at least 4 members (excludes halogenated alkanes) is 1. The van der Waals surface area contributed by atoms with Gasteiger partial charge in [0, 0.05) is 18.5 Å². The van der Waals surface area contributed by atoms with Crippen molar-refractivity contribution in [3.8, 4) is 11.5 Å². The molecule has 0 saturated heterocycles. The molecule has 6 nitrogen and oxygen atoms in total. The van der Waals surface area contributed by atoms with Crippen molar-refractivity contribution in [1.82, 2.24) is 4.90 Å². The summed E-state index contributed by atoms with van der Waals surface area (Å²) >= 11 is 0. The first-order valence-corrected chi connectivity index (χ1v) is 11.8. The highest BCUT2D eigenvalue weighted by Crippen LogP contribution is 2.30. The Kier molecular flexibility index (Phi) is 9.79. The Bertz CT molecular complexity index is 732. The van der Waals surface area contributed by atoms with Crippen LogP contribution in [0.3, 0.4) is 0 Å². The Morgan fingerprint density at radius 3 is 2.32 bits per heavy atom. The second-order valence-corrected chi connectivity index (χ2v) is 8.82. The van der Waals surface area contributed by atoms with E-state index in [1.54, 1.807) is 12.1 Å². The molecule has 1 rings (SSSR count). The van der Waals surface area contributed by atoms with Crippen LogP contribution in [0.15, 0.2) is 18.2 Å². The van der Waals surface area contributed by atoms with Gasteiger partial charge in [-0.1, -0.05) is 39.7 Å². The smallest absolute Gasteiger partial charge is 0.306 e. The zero-order valence-corrected chi connectivity index (χ0v) is 18.8. The van der Waals surface area contributed by atoms with Gasteiger partial charge in [0.25, 0.3) is 0 Å². The van der Waals surface area contributed by atoms with E-state index in [0.717, 1.165) is 43.9 Å². The van der Waals surface area contributed by atoms with Gasteiger partial charge in [0.2, 0.25) is 5.91 Å². The maximum Gasteiger partial charge on any atom is 0.306 e. The molecule has 1 aromatic carbocycles. The van der Waals surface area contributed by atoms with Gasteiger partial charge in [0.15, 0.2) is 11.5 Å². The van der Waals surface area contributed by atoms with Gasteiger partial charge in [0.05, 0.1) is 13.4 Å². The highest BCUT2D eigenvalue weighted by molar-refractivity contribution is 7.86. The molecule has 0 heterocycles. The molecule has 0 unspecified atom stereocenters. The third kappa shape index (κ3) is 7.34. The molecule has 0 N–H and O–H groups in total. The van der Waals surface area contributed by atoms with Gasteiger partial charge in [-0.2, -0.15) is 8.42 Å². The summed E-state index contributed by atoms with van der Waals surface area (Å²) < 4.78 is 33.4. The Morgan fingerprint density at radius 2 is 1.82 bits per heavy atom. The molecule has 0 saturated carbocycles. The van der Waals surface area contributed by atoms with Crippen LogP contribution in [0.5, 0.6) is 11.5 Å². The molecule has 0 fully saturated rings. The molecule has 0 radical (unpaired) electrons. The predicted octanol–water partition coefficient (Wildman–Crippen LogP) is 4.38. The average Bonchev–Trinajstić information content (AvgIpc) is 2.64. The van der Waals surface area contributed by atoms with Crippen LogP contribution in [0.25, 0.3) is 0 Å². The van der Waals surface area contributed by atoms with Gasteiger partial charge in [-0.25, -0.2) is 0 Å². The Labute approximate surface area is 170 Å². The van der Waals surface area contributed by atoms with Crippen molar-refractivity contribution in [3.63, 3.8) is 0 Å². The quantitative estimate of drug-likeness (QED) is 0.476. The topological polar surface area (TPSA) is 72.9 Å². The van der Waals surface area contributed by atoms with E-state index in [1.165, 1.54) is 7.11 Å². The van der Waals surface area contributed by atoms with Crippen molar-refractivity contribution < 1.29 is 22.1 Å². The molecule has 1 aromatic rings. The third-order valence-electron chi connectivity index (χ3n) is 4.98. The number of hydrogen-bond acceptors (Lipinski definition) is 5. The number of ether oxygens (including phenoxy) is 1. The molecule has 0 spiro atoms. The fourth-order valence-corrected chi connectivity index (χ4v) is 3.56. The van der Waals surface area contributed by atoms with Crippen LogP contribution >= 0.6 is 0 Å². The van der Waals surface area contributed by atoms with Crippen molar-refractivity contribution in [2.24, 2.45) is 5.92 Å². The lowest BCUT2D eigenvalue weighted by atomic mass is 9.96.